The van der Waals surface area contributed by atoms with Gasteiger partial charge in [0.15, 0.2) is 0 Å². The molecule has 1 aromatic heterocycles. The molecule has 4 rings (SSSR count). The van der Waals surface area contributed by atoms with E-state index in [2.05, 4.69) is 29.3 Å². The normalized spacial score (nSPS) is 12.0. The lowest BCUT2D eigenvalue weighted by molar-refractivity contribution is -0.137. The average molecular weight is 497 g/mol. The number of rotatable bonds is 11. The number of carbonyl (C=O) groups is 2. The van der Waals surface area contributed by atoms with E-state index in [9.17, 15) is 9.59 Å². The third kappa shape index (κ3) is 6.52. The number of nitrogens with one attached hydrogen (secondary N) is 1. The fourth-order valence-electron chi connectivity index (χ4n) is 4.26. The van der Waals surface area contributed by atoms with E-state index in [1.165, 1.54) is 0 Å². The fourth-order valence-corrected chi connectivity index (χ4v) is 4.26. The van der Waals surface area contributed by atoms with Gasteiger partial charge in [-0.3, -0.25) is 9.89 Å². The lowest BCUT2D eigenvalue weighted by atomic mass is 9.87. The molecule has 0 aliphatic carbocycles. The Kier molecular flexibility index (Phi) is 8.15. The molecule has 37 heavy (non-hydrogen) atoms. The second-order valence-electron chi connectivity index (χ2n) is 8.55. The monoisotopic (exact) mass is 496 g/mol. The Morgan fingerprint density at radius 2 is 1.73 bits per heavy atom. The topological polar surface area (TPSA) is 113 Å². The first kappa shape index (κ1) is 25.4. The quantitative estimate of drug-likeness (QED) is 0.128. The van der Waals surface area contributed by atoms with Crippen molar-refractivity contribution < 1.29 is 24.5 Å². The first-order chi connectivity index (χ1) is 17.9. The minimum absolute atomic E-state index is 0.0627. The van der Waals surface area contributed by atoms with Gasteiger partial charge in [-0.15, -0.1) is 0 Å². The smallest absolute Gasteiger partial charge is 0.328 e. The van der Waals surface area contributed by atoms with Crippen LogP contribution in [0, 0.1) is 0 Å². The van der Waals surface area contributed by atoms with Crippen LogP contribution in [0.1, 0.15) is 48.4 Å². The first-order valence-corrected chi connectivity index (χ1v) is 12.1. The number of ether oxygens (including phenoxy) is 1. The van der Waals surface area contributed by atoms with Gasteiger partial charge in [0.05, 0.1) is 18.3 Å². The second kappa shape index (κ2) is 11.9. The van der Waals surface area contributed by atoms with Gasteiger partial charge in [-0.1, -0.05) is 49.4 Å². The first-order valence-electron chi connectivity index (χ1n) is 12.1. The van der Waals surface area contributed by atoms with Crippen LogP contribution in [-0.4, -0.2) is 39.0 Å². The van der Waals surface area contributed by atoms with Crippen LogP contribution in [-0.2, 0) is 9.59 Å². The Labute approximate surface area is 214 Å². The molecule has 3 N–H and O–H groups in total. The molecule has 0 saturated carbocycles. The zero-order valence-corrected chi connectivity index (χ0v) is 20.5. The summed E-state index contributed by atoms with van der Waals surface area (Å²) in [5.74, 6) is -1.15. The average Bonchev–Trinajstić information content (AvgIpc) is 3.37. The molecule has 0 fully saturated rings. The van der Waals surface area contributed by atoms with E-state index in [0.29, 0.717) is 18.8 Å². The summed E-state index contributed by atoms with van der Waals surface area (Å²) in [6, 6.07) is 21.8. The van der Waals surface area contributed by atoms with Gasteiger partial charge in [0.25, 0.3) is 0 Å². The third-order valence-electron chi connectivity index (χ3n) is 5.99. The fraction of sp³-hybridized carbons (Fsp3) is 0.167. The lowest BCUT2D eigenvalue weighted by Crippen LogP contribution is -2.02. The number of benzene rings is 3. The molecule has 7 nitrogen and oxygen atoms in total. The number of aliphatic carboxylic acids is 2. The van der Waals surface area contributed by atoms with Crippen molar-refractivity contribution in [3.05, 3.63) is 101 Å². The standard InChI is InChI=1S/C30H28N2O5/c1-2-26(21-11-8-20(9-12-21)10-15-29(35)36)30(23-13-14-27-24(17-23)19-31-32-27)22-5-3-6-25(18-22)37-16-4-7-28(33)34/h3,5-6,8-15,17-19H,2,4,7,16H2,1H3,(H,31,32)(H,33,34)(H,35,36)/b15-10+,30-26-. The molecular formula is C30H28N2O5. The summed E-state index contributed by atoms with van der Waals surface area (Å²) in [5.41, 5.74) is 6.97. The van der Waals surface area contributed by atoms with Crippen LogP contribution in [0.4, 0.5) is 0 Å². The van der Waals surface area contributed by atoms with E-state index in [0.717, 1.165) is 56.8 Å². The molecule has 0 atom stereocenters. The summed E-state index contributed by atoms with van der Waals surface area (Å²) in [5, 5.41) is 26.0. The van der Waals surface area contributed by atoms with Crippen molar-refractivity contribution in [2.75, 3.05) is 6.61 Å². The zero-order valence-electron chi connectivity index (χ0n) is 20.5. The van der Waals surface area contributed by atoms with E-state index in [-0.39, 0.29) is 6.42 Å². The molecule has 0 unspecified atom stereocenters. The minimum Gasteiger partial charge on any atom is -0.494 e. The highest BCUT2D eigenvalue weighted by Crippen LogP contribution is 2.36. The molecule has 7 heteroatoms. The Morgan fingerprint density at radius 1 is 0.973 bits per heavy atom. The number of carboxylic acid groups (broad SMARTS) is 2. The molecule has 0 saturated heterocycles. The number of H-pyrrole nitrogens is 1. The molecule has 0 aliphatic rings. The van der Waals surface area contributed by atoms with E-state index < -0.39 is 11.9 Å². The van der Waals surface area contributed by atoms with Gasteiger partial charge in [-0.2, -0.15) is 5.10 Å². The number of fused-ring (bicyclic) bond motifs is 1. The molecule has 0 aliphatic heterocycles. The van der Waals surface area contributed by atoms with Gasteiger partial charge in [0, 0.05) is 17.9 Å². The number of hydrogen-bond acceptors (Lipinski definition) is 4. The number of carboxylic acids is 2. The SMILES string of the molecule is CC/C(=C(\c1cccc(OCCCC(=O)O)c1)c1ccc2[nH]ncc2c1)c1ccc(/C=C/C(=O)O)cc1. The highest BCUT2D eigenvalue weighted by atomic mass is 16.5. The van der Waals surface area contributed by atoms with Crippen molar-refractivity contribution in [3.8, 4) is 5.75 Å². The maximum Gasteiger partial charge on any atom is 0.328 e. The Bertz CT molecular complexity index is 1460. The van der Waals surface area contributed by atoms with Gasteiger partial charge in [0.1, 0.15) is 5.75 Å². The van der Waals surface area contributed by atoms with Crippen LogP contribution in [0.5, 0.6) is 5.75 Å². The largest absolute Gasteiger partial charge is 0.494 e. The van der Waals surface area contributed by atoms with Gasteiger partial charge in [0.2, 0.25) is 0 Å². The molecular weight excluding hydrogens is 468 g/mol. The molecule has 3 aromatic carbocycles. The van der Waals surface area contributed by atoms with Crippen LogP contribution in [0.3, 0.4) is 0 Å². The van der Waals surface area contributed by atoms with E-state index in [4.69, 9.17) is 14.9 Å². The van der Waals surface area contributed by atoms with Crippen LogP contribution in [0.2, 0.25) is 0 Å². The second-order valence-corrected chi connectivity index (χ2v) is 8.55. The molecule has 0 spiro atoms. The van der Waals surface area contributed by atoms with E-state index in [1.54, 1.807) is 12.3 Å². The van der Waals surface area contributed by atoms with Crippen LogP contribution < -0.4 is 4.74 Å². The van der Waals surface area contributed by atoms with Crippen molar-refractivity contribution in [3.63, 3.8) is 0 Å². The Hall–Kier alpha value is -4.65. The van der Waals surface area contributed by atoms with Crippen LogP contribution in [0.25, 0.3) is 28.1 Å². The summed E-state index contributed by atoms with van der Waals surface area (Å²) < 4.78 is 5.87. The highest BCUT2D eigenvalue weighted by Gasteiger charge is 2.15. The van der Waals surface area contributed by atoms with Crippen LogP contribution >= 0.6 is 0 Å². The van der Waals surface area contributed by atoms with Gasteiger partial charge >= 0.3 is 11.9 Å². The number of aromatic amines is 1. The van der Waals surface area contributed by atoms with E-state index >= 15 is 0 Å². The molecule has 0 amide bonds. The summed E-state index contributed by atoms with van der Waals surface area (Å²) >= 11 is 0. The molecule has 0 bridgehead atoms. The number of allylic oxidation sites excluding steroid dienone is 1. The minimum atomic E-state index is -0.986. The number of hydrogen-bond donors (Lipinski definition) is 3. The number of aromatic nitrogens is 2. The van der Waals surface area contributed by atoms with Crippen molar-refractivity contribution in [1.29, 1.82) is 0 Å². The molecule has 1 heterocycles. The molecule has 4 aromatic rings. The maximum atomic E-state index is 10.9. The predicted molar refractivity (Wildman–Crippen MR) is 144 cm³/mol. The van der Waals surface area contributed by atoms with Crippen molar-refractivity contribution in [2.45, 2.75) is 26.2 Å². The van der Waals surface area contributed by atoms with Gasteiger partial charge < -0.3 is 14.9 Å². The summed E-state index contributed by atoms with van der Waals surface area (Å²) in [4.78, 5) is 21.7. The van der Waals surface area contributed by atoms with Gasteiger partial charge in [-0.25, -0.2) is 4.79 Å². The van der Waals surface area contributed by atoms with Crippen molar-refractivity contribution in [1.82, 2.24) is 10.2 Å². The zero-order chi connectivity index (χ0) is 26.2. The predicted octanol–water partition coefficient (Wildman–Crippen LogP) is 6.27. The van der Waals surface area contributed by atoms with E-state index in [1.807, 2.05) is 54.6 Å². The summed E-state index contributed by atoms with van der Waals surface area (Å²) in [6.07, 6.45) is 5.75. The highest BCUT2D eigenvalue weighted by molar-refractivity contribution is 6.00. The Balaban J connectivity index is 1.78. The van der Waals surface area contributed by atoms with Gasteiger partial charge in [-0.05, 0) is 76.6 Å². The molecule has 188 valence electrons. The van der Waals surface area contributed by atoms with Crippen molar-refractivity contribution >= 4 is 40.1 Å². The third-order valence-corrected chi connectivity index (χ3v) is 5.99. The maximum absolute atomic E-state index is 10.9. The van der Waals surface area contributed by atoms with Crippen molar-refractivity contribution in [2.24, 2.45) is 0 Å². The molecule has 0 radical (unpaired) electrons. The van der Waals surface area contributed by atoms with Crippen LogP contribution in [0.15, 0.2) is 79.0 Å². The summed E-state index contributed by atoms with van der Waals surface area (Å²) in [6.45, 7) is 2.43. The lowest BCUT2D eigenvalue weighted by Gasteiger charge is -2.17. The Morgan fingerprint density at radius 3 is 2.46 bits per heavy atom. The summed E-state index contributed by atoms with van der Waals surface area (Å²) in [7, 11) is 0. The number of nitrogens with zero attached hydrogens (tertiary/aromatic N) is 1.